The summed E-state index contributed by atoms with van der Waals surface area (Å²) in [7, 11) is 0. The Balaban J connectivity index is 1.66. The molecular weight excluding hydrogens is 460 g/mol. The van der Waals surface area contributed by atoms with Crippen LogP contribution in [-0.2, 0) is 16.1 Å². The van der Waals surface area contributed by atoms with Crippen LogP contribution in [0.5, 0.6) is 17.2 Å². The zero-order valence-corrected chi connectivity index (χ0v) is 19.0. The number of ether oxygens (including phenoxy) is 3. The minimum atomic E-state index is -0.630. The van der Waals surface area contributed by atoms with Crippen LogP contribution in [0, 0.1) is 11.3 Å². The van der Waals surface area contributed by atoms with Crippen molar-refractivity contribution < 1.29 is 28.2 Å². The van der Waals surface area contributed by atoms with E-state index in [2.05, 4.69) is 5.32 Å². The van der Waals surface area contributed by atoms with E-state index in [1.807, 2.05) is 6.07 Å². The highest BCUT2D eigenvalue weighted by Crippen LogP contribution is 2.29. The van der Waals surface area contributed by atoms with Gasteiger partial charge in [0.2, 0.25) is 0 Å². The topological polar surface area (TPSA) is 111 Å². The molecule has 2 aromatic carbocycles. The lowest BCUT2D eigenvalue weighted by Gasteiger charge is -2.12. The van der Waals surface area contributed by atoms with Gasteiger partial charge in [-0.3, -0.25) is 4.79 Å². The molecule has 0 bridgehead atoms. The molecule has 0 saturated carbocycles. The van der Waals surface area contributed by atoms with Gasteiger partial charge in [-0.25, -0.2) is 4.79 Å². The van der Waals surface area contributed by atoms with E-state index in [1.54, 1.807) is 55.5 Å². The number of rotatable bonds is 10. The molecule has 1 aromatic heterocycles. The lowest BCUT2D eigenvalue weighted by molar-refractivity contribution is -0.136. The largest absolute Gasteiger partial charge is 0.490 e. The summed E-state index contributed by atoms with van der Waals surface area (Å²) in [5, 5.41) is 12.6. The average molecular weight is 481 g/mol. The minimum absolute atomic E-state index is 0.102. The number of carbonyl (C=O) groups excluding carboxylic acids is 2. The Labute approximate surface area is 201 Å². The summed E-state index contributed by atoms with van der Waals surface area (Å²) in [5.74, 6) is 0.325. The van der Waals surface area contributed by atoms with E-state index in [-0.39, 0.29) is 30.2 Å². The fraction of sp³-hybridized carbons (Fsp3) is 0.160. The van der Waals surface area contributed by atoms with Crippen LogP contribution in [0.1, 0.15) is 18.2 Å². The number of hydrogen-bond acceptors (Lipinski definition) is 7. The second kappa shape index (κ2) is 12.1. The van der Waals surface area contributed by atoms with Crippen molar-refractivity contribution in [3.05, 3.63) is 82.8 Å². The molecule has 0 aliphatic heterocycles. The molecule has 0 aliphatic rings. The maximum absolute atomic E-state index is 12.3. The number of nitrogens with zero attached hydrogens (tertiary/aromatic N) is 1. The molecule has 8 nitrogen and oxygen atoms in total. The Morgan fingerprint density at radius 2 is 1.91 bits per heavy atom. The summed E-state index contributed by atoms with van der Waals surface area (Å²) in [6.07, 6.45) is 2.91. The van der Waals surface area contributed by atoms with Crippen molar-refractivity contribution >= 4 is 29.6 Å². The first-order valence-electron chi connectivity index (χ1n) is 10.3. The number of nitrogens with one attached hydrogen (secondary N) is 1. The van der Waals surface area contributed by atoms with E-state index < -0.39 is 11.9 Å². The zero-order valence-electron chi connectivity index (χ0n) is 18.2. The van der Waals surface area contributed by atoms with Gasteiger partial charge < -0.3 is 23.9 Å². The maximum atomic E-state index is 12.3. The van der Waals surface area contributed by atoms with Crippen LogP contribution in [0.15, 0.2) is 70.9 Å². The SMILES string of the molecule is CCOc1cc(/C=C(\C#N)C(=O)NCc2ccco2)ccc1OC(=O)COc1ccc(Cl)cc1. The molecule has 3 aromatic rings. The number of benzene rings is 2. The van der Waals surface area contributed by atoms with Crippen molar-refractivity contribution in [2.45, 2.75) is 13.5 Å². The van der Waals surface area contributed by atoms with Crippen molar-refractivity contribution in [1.29, 1.82) is 5.26 Å². The predicted octanol–water partition coefficient (Wildman–Crippen LogP) is 4.54. The molecule has 1 N–H and O–H groups in total. The fourth-order valence-corrected chi connectivity index (χ4v) is 2.91. The summed E-state index contributed by atoms with van der Waals surface area (Å²) in [6, 6.07) is 16.6. The molecular formula is C25H21ClN2O6. The summed E-state index contributed by atoms with van der Waals surface area (Å²) in [5.41, 5.74) is 0.417. The normalized spacial score (nSPS) is 10.8. The molecule has 0 aliphatic carbocycles. The highest BCUT2D eigenvalue weighted by Gasteiger charge is 2.14. The Hall–Kier alpha value is -4.22. The van der Waals surface area contributed by atoms with Crippen molar-refractivity contribution in [1.82, 2.24) is 5.32 Å². The Kier molecular flexibility index (Phi) is 8.72. The van der Waals surface area contributed by atoms with Gasteiger partial charge in [0.1, 0.15) is 23.2 Å². The van der Waals surface area contributed by atoms with Gasteiger partial charge in [-0.05, 0) is 67.1 Å². The number of nitriles is 1. The van der Waals surface area contributed by atoms with E-state index in [9.17, 15) is 14.9 Å². The van der Waals surface area contributed by atoms with Crippen molar-refractivity contribution in [2.24, 2.45) is 0 Å². The Morgan fingerprint density at radius 3 is 2.59 bits per heavy atom. The molecule has 0 spiro atoms. The van der Waals surface area contributed by atoms with Gasteiger partial charge in [0, 0.05) is 5.02 Å². The Morgan fingerprint density at radius 1 is 1.12 bits per heavy atom. The van der Waals surface area contributed by atoms with E-state index in [1.165, 1.54) is 18.4 Å². The van der Waals surface area contributed by atoms with Crippen LogP contribution < -0.4 is 19.5 Å². The monoisotopic (exact) mass is 480 g/mol. The molecule has 0 radical (unpaired) electrons. The average Bonchev–Trinajstić information content (AvgIpc) is 3.36. The van der Waals surface area contributed by atoms with Gasteiger partial charge in [0.25, 0.3) is 5.91 Å². The highest BCUT2D eigenvalue weighted by molar-refractivity contribution is 6.30. The maximum Gasteiger partial charge on any atom is 0.349 e. The lowest BCUT2D eigenvalue weighted by Crippen LogP contribution is -2.23. The Bertz CT molecular complexity index is 1200. The van der Waals surface area contributed by atoms with Gasteiger partial charge in [0.05, 0.1) is 19.4 Å². The van der Waals surface area contributed by atoms with E-state index in [0.717, 1.165) is 0 Å². The smallest absolute Gasteiger partial charge is 0.349 e. The number of esters is 1. The number of amides is 1. The molecule has 0 fully saturated rings. The molecule has 0 atom stereocenters. The van der Waals surface area contributed by atoms with Crippen molar-refractivity contribution in [2.75, 3.05) is 13.2 Å². The second-order valence-corrected chi connectivity index (χ2v) is 7.22. The molecule has 1 heterocycles. The van der Waals surface area contributed by atoms with Gasteiger partial charge >= 0.3 is 5.97 Å². The molecule has 0 unspecified atom stereocenters. The first-order valence-corrected chi connectivity index (χ1v) is 10.6. The van der Waals surface area contributed by atoms with E-state index in [4.69, 9.17) is 30.2 Å². The van der Waals surface area contributed by atoms with Crippen LogP contribution in [-0.4, -0.2) is 25.1 Å². The predicted molar refractivity (Wildman–Crippen MR) is 124 cm³/mol. The standard InChI is InChI=1S/C25H21ClN2O6/c1-2-31-23-13-17(12-18(14-27)25(30)28-15-21-4-3-11-32-21)5-10-22(23)34-24(29)16-33-20-8-6-19(26)7-9-20/h3-13H,2,15-16H2,1H3,(H,28,30)/b18-12+. The quantitative estimate of drug-likeness (QED) is 0.196. The lowest BCUT2D eigenvalue weighted by atomic mass is 10.1. The third-order valence-corrected chi connectivity index (χ3v) is 4.59. The van der Waals surface area contributed by atoms with Crippen LogP contribution in [0.3, 0.4) is 0 Å². The molecule has 0 saturated heterocycles. The molecule has 9 heteroatoms. The van der Waals surface area contributed by atoms with Crippen molar-refractivity contribution in [3.8, 4) is 23.3 Å². The third-order valence-electron chi connectivity index (χ3n) is 4.34. The number of furan rings is 1. The summed E-state index contributed by atoms with van der Waals surface area (Å²) in [6.45, 7) is 1.93. The zero-order chi connectivity index (χ0) is 24.3. The third kappa shape index (κ3) is 7.15. The number of halogens is 1. The highest BCUT2D eigenvalue weighted by atomic mass is 35.5. The van der Waals surface area contributed by atoms with Gasteiger partial charge in [-0.1, -0.05) is 17.7 Å². The van der Waals surface area contributed by atoms with Crippen molar-refractivity contribution in [3.63, 3.8) is 0 Å². The van der Waals surface area contributed by atoms with Gasteiger partial charge in [-0.2, -0.15) is 5.26 Å². The molecule has 34 heavy (non-hydrogen) atoms. The molecule has 3 rings (SSSR count). The number of carbonyl (C=O) groups is 2. The van der Waals surface area contributed by atoms with E-state index in [0.29, 0.717) is 28.7 Å². The fourth-order valence-electron chi connectivity index (χ4n) is 2.78. The van der Waals surface area contributed by atoms with Gasteiger partial charge in [0.15, 0.2) is 18.1 Å². The van der Waals surface area contributed by atoms with Crippen LogP contribution >= 0.6 is 11.6 Å². The number of hydrogen-bond donors (Lipinski definition) is 1. The minimum Gasteiger partial charge on any atom is -0.490 e. The second-order valence-electron chi connectivity index (χ2n) is 6.79. The van der Waals surface area contributed by atoms with Gasteiger partial charge in [-0.15, -0.1) is 0 Å². The van der Waals surface area contributed by atoms with Crippen LogP contribution in [0.2, 0.25) is 5.02 Å². The molecule has 174 valence electrons. The first kappa shape index (κ1) is 24.4. The molecule has 1 amide bonds. The first-order chi connectivity index (χ1) is 16.5. The summed E-state index contributed by atoms with van der Waals surface area (Å²) >= 11 is 5.83. The van der Waals surface area contributed by atoms with Crippen LogP contribution in [0.4, 0.5) is 0 Å². The van der Waals surface area contributed by atoms with Crippen LogP contribution in [0.25, 0.3) is 6.08 Å². The van der Waals surface area contributed by atoms with E-state index >= 15 is 0 Å². The summed E-state index contributed by atoms with van der Waals surface area (Å²) < 4.78 is 21.5. The summed E-state index contributed by atoms with van der Waals surface area (Å²) in [4.78, 5) is 24.6.